The first-order valence-corrected chi connectivity index (χ1v) is 10.5. The summed E-state index contributed by atoms with van der Waals surface area (Å²) in [6, 6.07) is 10.4. The van der Waals surface area contributed by atoms with Crippen LogP contribution in [0.15, 0.2) is 35.3 Å². The molecule has 0 aliphatic carbocycles. The van der Waals surface area contributed by atoms with Gasteiger partial charge in [0.2, 0.25) is 5.91 Å². The molecule has 0 aromatic heterocycles. The highest BCUT2D eigenvalue weighted by atomic mass is 127. The predicted octanol–water partition coefficient (Wildman–Crippen LogP) is 2.52. The van der Waals surface area contributed by atoms with Crippen LogP contribution in [0.1, 0.15) is 19.3 Å². The van der Waals surface area contributed by atoms with Crippen LogP contribution in [0.2, 0.25) is 0 Å². The first kappa shape index (κ1) is 26.5. The van der Waals surface area contributed by atoms with Crippen molar-refractivity contribution in [3.63, 3.8) is 0 Å². The number of amides is 1. The molecule has 30 heavy (non-hydrogen) atoms. The lowest BCUT2D eigenvalue weighted by molar-refractivity contribution is -0.127. The second-order valence-electron chi connectivity index (χ2n) is 7.90. The maximum Gasteiger partial charge on any atom is 0.243 e. The van der Waals surface area contributed by atoms with Crippen LogP contribution >= 0.6 is 24.0 Å². The Kier molecular flexibility index (Phi) is 12.8. The van der Waals surface area contributed by atoms with E-state index in [1.54, 1.807) is 19.0 Å². The van der Waals surface area contributed by atoms with Crippen molar-refractivity contribution in [2.45, 2.75) is 19.3 Å². The third kappa shape index (κ3) is 9.51. The molecule has 0 atom stereocenters. The summed E-state index contributed by atoms with van der Waals surface area (Å²) in [5, 5.41) is 3.46. The van der Waals surface area contributed by atoms with E-state index in [1.165, 1.54) is 5.69 Å². The Bertz CT molecular complexity index is 636. The summed E-state index contributed by atoms with van der Waals surface area (Å²) < 4.78 is 5.47. The van der Waals surface area contributed by atoms with Crippen molar-refractivity contribution in [2.24, 2.45) is 10.9 Å². The lowest BCUT2D eigenvalue weighted by atomic mass is 10.00. The van der Waals surface area contributed by atoms with Crippen molar-refractivity contribution in [3.05, 3.63) is 30.3 Å². The lowest BCUT2D eigenvalue weighted by Gasteiger charge is -2.29. The van der Waals surface area contributed by atoms with Crippen LogP contribution in [0.25, 0.3) is 0 Å². The number of nitrogens with zero attached hydrogens (tertiary/aromatic N) is 4. The number of anilines is 1. The summed E-state index contributed by atoms with van der Waals surface area (Å²) in [5.74, 6) is 1.41. The molecule has 0 saturated carbocycles. The van der Waals surface area contributed by atoms with Gasteiger partial charge in [0.15, 0.2) is 5.96 Å². The van der Waals surface area contributed by atoms with Crippen molar-refractivity contribution in [3.8, 4) is 0 Å². The molecule has 8 heteroatoms. The maximum absolute atomic E-state index is 12.0. The van der Waals surface area contributed by atoms with Crippen LogP contribution in [0, 0.1) is 5.92 Å². The van der Waals surface area contributed by atoms with Gasteiger partial charge in [-0.05, 0) is 37.3 Å². The smallest absolute Gasteiger partial charge is 0.243 e. The predicted molar refractivity (Wildman–Crippen MR) is 135 cm³/mol. The highest BCUT2D eigenvalue weighted by Gasteiger charge is 2.18. The molecule has 1 fully saturated rings. The molecule has 0 bridgehead atoms. The Hall–Kier alpha value is -1.55. The van der Waals surface area contributed by atoms with Crippen LogP contribution in [0.4, 0.5) is 5.69 Å². The molecule has 2 rings (SSSR count). The van der Waals surface area contributed by atoms with Gasteiger partial charge in [-0.15, -0.1) is 24.0 Å². The number of ether oxygens (including phenoxy) is 1. The molecular weight excluding hydrogens is 493 g/mol. The summed E-state index contributed by atoms with van der Waals surface area (Å²) in [5.41, 5.74) is 1.22. The third-order valence-electron chi connectivity index (χ3n) is 5.25. The molecule has 1 N–H and O–H groups in total. The fourth-order valence-corrected chi connectivity index (χ4v) is 3.33. The van der Waals surface area contributed by atoms with E-state index in [1.807, 2.05) is 6.07 Å². The van der Waals surface area contributed by atoms with Crippen molar-refractivity contribution < 1.29 is 9.53 Å². The number of hydrogen-bond donors (Lipinski definition) is 1. The maximum atomic E-state index is 12.0. The molecule has 1 aromatic rings. The number of guanidine groups is 1. The van der Waals surface area contributed by atoms with Gasteiger partial charge in [0.05, 0.1) is 0 Å². The second-order valence-corrected chi connectivity index (χ2v) is 7.90. The number of nitrogens with one attached hydrogen (secondary N) is 1. The third-order valence-corrected chi connectivity index (χ3v) is 5.25. The number of carbonyl (C=O) groups is 1. The van der Waals surface area contributed by atoms with Gasteiger partial charge >= 0.3 is 0 Å². The Labute approximate surface area is 198 Å². The average Bonchev–Trinajstić information content (AvgIpc) is 2.73. The standard InChI is InChI=1S/C22H37N5O2.HI/c1-25(2)21(28)17-24-22(27(4)18-19-11-15-29-16-12-19)23-13-8-14-26(3)20-9-6-5-7-10-20;/h5-7,9-10,19H,8,11-18H2,1-4H3,(H,23,24);1H. The summed E-state index contributed by atoms with van der Waals surface area (Å²) in [4.78, 5) is 22.5. The van der Waals surface area contributed by atoms with Crippen molar-refractivity contribution in [2.75, 3.05) is 72.5 Å². The van der Waals surface area contributed by atoms with E-state index in [0.717, 1.165) is 58.1 Å². The summed E-state index contributed by atoms with van der Waals surface area (Å²) >= 11 is 0. The quantitative estimate of drug-likeness (QED) is 0.230. The molecule has 170 valence electrons. The van der Waals surface area contributed by atoms with Gasteiger partial charge < -0.3 is 24.8 Å². The van der Waals surface area contributed by atoms with Gasteiger partial charge in [-0.1, -0.05) is 18.2 Å². The minimum Gasteiger partial charge on any atom is -0.381 e. The monoisotopic (exact) mass is 531 g/mol. The number of rotatable bonds is 9. The highest BCUT2D eigenvalue weighted by Crippen LogP contribution is 2.15. The Morgan fingerprint density at radius 2 is 1.80 bits per heavy atom. The lowest BCUT2D eigenvalue weighted by Crippen LogP contribution is -2.43. The van der Waals surface area contributed by atoms with Crippen molar-refractivity contribution in [1.29, 1.82) is 0 Å². The van der Waals surface area contributed by atoms with E-state index in [4.69, 9.17) is 4.74 Å². The Morgan fingerprint density at radius 3 is 2.43 bits per heavy atom. The zero-order valence-corrected chi connectivity index (χ0v) is 21.2. The van der Waals surface area contributed by atoms with E-state index >= 15 is 0 Å². The number of halogens is 1. The van der Waals surface area contributed by atoms with E-state index in [9.17, 15) is 4.79 Å². The molecule has 1 aliphatic heterocycles. The van der Waals surface area contributed by atoms with Crippen LogP contribution in [-0.2, 0) is 9.53 Å². The van der Waals surface area contributed by atoms with Crippen molar-refractivity contribution in [1.82, 2.24) is 15.1 Å². The zero-order chi connectivity index (χ0) is 21.1. The molecule has 0 unspecified atom stereocenters. The Balaban J connectivity index is 0.00000450. The van der Waals surface area contributed by atoms with Gasteiger partial charge in [-0.2, -0.15) is 0 Å². The van der Waals surface area contributed by atoms with Crippen LogP contribution in [0.5, 0.6) is 0 Å². The fourth-order valence-electron chi connectivity index (χ4n) is 3.33. The first-order chi connectivity index (χ1) is 14.0. The molecule has 7 nitrogen and oxygen atoms in total. The van der Waals surface area contributed by atoms with Gasteiger partial charge in [-0.25, -0.2) is 4.99 Å². The normalized spacial score (nSPS) is 14.6. The topological polar surface area (TPSA) is 60.4 Å². The summed E-state index contributed by atoms with van der Waals surface area (Å²) in [6.45, 7) is 4.52. The molecule has 1 aliphatic rings. The number of aliphatic imine (C=N–C) groups is 1. The average molecular weight is 531 g/mol. The van der Waals surface area contributed by atoms with Gasteiger partial charge in [0.25, 0.3) is 0 Å². The molecule has 1 saturated heterocycles. The Morgan fingerprint density at radius 1 is 1.13 bits per heavy atom. The molecule has 1 heterocycles. The molecule has 0 spiro atoms. The molecule has 1 amide bonds. The van der Waals surface area contributed by atoms with Crippen LogP contribution < -0.4 is 10.2 Å². The number of carbonyl (C=O) groups excluding carboxylic acids is 1. The zero-order valence-electron chi connectivity index (χ0n) is 18.8. The number of para-hydroxylation sites is 1. The minimum atomic E-state index is 0. The minimum absolute atomic E-state index is 0. The van der Waals surface area contributed by atoms with Gasteiger partial charge in [-0.3, -0.25) is 4.79 Å². The second kappa shape index (κ2) is 14.5. The number of benzene rings is 1. The molecular formula is C22H38IN5O2. The SMILES string of the molecule is CN(C)C(=O)CN=C(NCCCN(C)c1ccccc1)N(C)CC1CCOCC1.I. The van der Waals surface area contributed by atoms with E-state index in [0.29, 0.717) is 5.92 Å². The molecule has 1 aromatic carbocycles. The highest BCUT2D eigenvalue weighted by molar-refractivity contribution is 14.0. The fraction of sp³-hybridized carbons (Fsp3) is 0.636. The van der Waals surface area contributed by atoms with E-state index in [2.05, 4.69) is 58.5 Å². The number of likely N-dealkylation sites (N-methyl/N-ethyl adjacent to an activating group) is 1. The number of hydrogen-bond acceptors (Lipinski definition) is 4. The van der Waals surface area contributed by atoms with E-state index in [-0.39, 0.29) is 36.4 Å². The van der Waals surface area contributed by atoms with Crippen LogP contribution in [0.3, 0.4) is 0 Å². The summed E-state index contributed by atoms with van der Waals surface area (Å²) in [6.07, 6.45) is 3.14. The van der Waals surface area contributed by atoms with Crippen molar-refractivity contribution >= 4 is 41.5 Å². The van der Waals surface area contributed by atoms with E-state index < -0.39 is 0 Å². The van der Waals surface area contributed by atoms with Gasteiger partial charge in [0, 0.05) is 66.7 Å². The molecule has 0 radical (unpaired) electrons. The van der Waals surface area contributed by atoms with Crippen LogP contribution in [-0.4, -0.2) is 89.3 Å². The largest absolute Gasteiger partial charge is 0.381 e. The summed E-state index contributed by atoms with van der Waals surface area (Å²) in [7, 11) is 7.68. The first-order valence-electron chi connectivity index (χ1n) is 10.5. The van der Waals surface area contributed by atoms with Gasteiger partial charge in [0.1, 0.15) is 6.54 Å².